The molecule has 0 fully saturated rings. The number of aromatic nitrogens is 1. The van der Waals surface area contributed by atoms with Crippen LogP contribution in [0.25, 0.3) is 22.0 Å². The Morgan fingerprint density at radius 3 is 2.30 bits per heavy atom. The van der Waals surface area contributed by atoms with Gasteiger partial charge in [0.25, 0.3) is 0 Å². The van der Waals surface area contributed by atoms with E-state index in [1.165, 1.54) is 16.5 Å². The highest BCUT2D eigenvalue weighted by Gasteiger charge is 2.10. The van der Waals surface area contributed by atoms with Crippen molar-refractivity contribution in [1.82, 2.24) is 4.98 Å². The molecule has 2 heteroatoms. The van der Waals surface area contributed by atoms with Crippen molar-refractivity contribution in [3.8, 4) is 11.3 Å². The van der Waals surface area contributed by atoms with E-state index in [9.17, 15) is 0 Å². The first-order valence-corrected chi connectivity index (χ1v) is 9.43. The van der Waals surface area contributed by atoms with E-state index in [-0.39, 0.29) is 0 Å². The van der Waals surface area contributed by atoms with Gasteiger partial charge in [0.1, 0.15) is 0 Å². The van der Waals surface area contributed by atoms with Crippen molar-refractivity contribution in [2.45, 2.75) is 26.7 Å². The van der Waals surface area contributed by atoms with E-state index in [2.05, 4.69) is 98.9 Å². The average molecular weight is 352 g/mol. The summed E-state index contributed by atoms with van der Waals surface area (Å²) in [6.07, 6.45) is 1.94. The molecule has 0 bridgehead atoms. The Kier molecular flexibility index (Phi) is 4.64. The largest absolute Gasteiger partial charge is 0.354 e. The number of nitrogens with zero attached hydrogens (tertiary/aromatic N) is 1. The molecule has 4 rings (SSSR count). The zero-order chi connectivity index (χ0) is 18.8. The molecule has 27 heavy (non-hydrogen) atoms. The lowest BCUT2D eigenvalue weighted by molar-refractivity contribution is 0.867. The van der Waals surface area contributed by atoms with Crippen LogP contribution in [0.15, 0.2) is 79.0 Å². The molecule has 134 valence electrons. The second kappa shape index (κ2) is 7.24. The second-order valence-electron chi connectivity index (χ2n) is 7.34. The highest BCUT2D eigenvalue weighted by atomic mass is 14.9. The summed E-state index contributed by atoms with van der Waals surface area (Å²) in [5, 5.41) is 5.90. The van der Waals surface area contributed by atoms with Crippen molar-refractivity contribution < 1.29 is 0 Å². The molecular weight excluding hydrogens is 328 g/mol. The first-order chi connectivity index (χ1) is 13.1. The molecule has 1 aromatic heterocycles. The first-order valence-electron chi connectivity index (χ1n) is 9.43. The van der Waals surface area contributed by atoms with Crippen LogP contribution in [-0.4, -0.2) is 4.98 Å². The van der Waals surface area contributed by atoms with E-state index in [0.29, 0.717) is 5.92 Å². The fourth-order valence-electron chi connectivity index (χ4n) is 3.36. The Morgan fingerprint density at radius 2 is 1.56 bits per heavy atom. The lowest BCUT2D eigenvalue weighted by Gasteiger charge is -2.14. The smallest absolute Gasteiger partial charge is 0.0781 e. The Balaban J connectivity index is 1.78. The number of aryl methyl sites for hydroxylation is 1. The van der Waals surface area contributed by atoms with Crippen LogP contribution >= 0.6 is 0 Å². The molecule has 0 aliphatic carbocycles. The minimum atomic E-state index is 0.505. The average Bonchev–Trinajstić information content (AvgIpc) is 2.69. The van der Waals surface area contributed by atoms with Crippen LogP contribution in [0, 0.1) is 6.92 Å². The van der Waals surface area contributed by atoms with E-state index < -0.39 is 0 Å². The molecule has 0 unspecified atom stereocenters. The summed E-state index contributed by atoms with van der Waals surface area (Å²) >= 11 is 0. The zero-order valence-electron chi connectivity index (χ0n) is 16.0. The third kappa shape index (κ3) is 3.56. The lowest BCUT2D eigenvalue weighted by atomic mass is 10.0. The van der Waals surface area contributed by atoms with Crippen molar-refractivity contribution in [3.63, 3.8) is 0 Å². The minimum absolute atomic E-state index is 0.505. The summed E-state index contributed by atoms with van der Waals surface area (Å²) in [7, 11) is 0. The summed E-state index contributed by atoms with van der Waals surface area (Å²) in [5.74, 6) is 0.505. The summed E-state index contributed by atoms with van der Waals surface area (Å²) in [6.45, 7) is 6.53. The molecule has 2 nitrogen and oxygen atoms in total. The predicted octanol–water partition coefficient (Wildman–Crippen LogP) is 7.08. The van der Waals surface area contributed by atoms with Crippen LogP contribution in [0.1, 0.15) is 30.9 Å². The Morgan fingerprint density at radius 1 is 0.815 bits per heavy atom. The van der Waals surface area contributed by atoms with Gasteiger partial charge in [-0.3, -0.25) is 4.98 Å². The molecule has 0 saturated heterocycles. The molecule has 0 aliphatic heterocycles. The fourth-order valence-corrected chi connectivity index (χ4v) is 3.36. The van der Waals surface area contributed by atoms with E-state index in [1.54, 1.807) is 0 Å². The van der Waals surface area contributed by atoms with Gasteiger partial charge in [0.15, 0.2) is 0 Å². The maximum absolute atomic E-state index is 4.80. The Labute approximate surface area is 160 Å². The number of hydrogen-bond donors (Lipinski definition) is 1. The van der Waals surface area contributed by atoms with Crippen molar-refractivity contribution in [3.05, 3.63) is 90.1 Å². The van der Waals surface area contributed by atoms with Gasteiger partial charge in [-0.2, -0.15) is 0 Å². The molecule has 0 aliphatic rings. The standard InChI is InChI=1S/C25H24N2/c1-17(2)20-7-6-8-21(15-20)27-24-16-26-25(19-13-11-18(3)12-14-19)23-10-5-4-9-22(23)24/h4-17,27H,1-3H3. The number of nitrogens with one attached hydrogen (secondary N) is 1. The summed E-state index contributed by atoms with van der Waals surface area (Å²) in [6, 6.07) is 25.6. The highest BCUT2D eigenvalue weighted by Crippen LogP contribution is 2.33. The Hall–Kier alpha value is -3.13. The monoisotopic (exact) mass is 352 g/mol. The van der Waals surface area contributed by atoms with Gasteiger partial charge in [0, 0.05) is 22.0 Å². The number of pyridine rings is 1. The third-order valence-corrected chi connectivity index (χ3v) is 4.95. The van der Waals surface area contributed by atoms with E-state index in [4.69, 9.17) is 4.98 Å². The maximum Gasteiger partial charge on any atom is 0.0781 e. The van der Waals surface area contributed by atoms with Gasteiger partial charge >= 0.3 is 0 Å². The summed E-state index contributed by atoms with van der Waals surface area (Å²) < 4.78 is 0. The summed E-state index contributed by atoms with van der Waals surface area (Å²) in [4.78, 5) is 4.80. The van der Waals surface area contributed by atoms with E-state index >= 15 is 0 Å². The molecule has 1 heterocycles. The van der Waals surface area contributed by atoms with Gasteiger partial charge in [-0.05, 0) is 30.5 Å². The normalized spacial score (nSPS) is 11.1. The van der Waals surface area contributed by atoms with Crippen LogP contribution in [0.4, 0.5) is 11.4 Å². The molecular formula is C25H24N2. The molecule has 4 aromatic rings. The van der Waals surface area contributed by atoms with Gasteiger partial charge in [0.2, 0.25) is 0 Å². The van der Waals surface area contributed by atoms with E-state index in [0.717, 1.165) is 28.0 Å². The van der Waals surface area contributed by atoms with Gasteiger partial charge in [-0.15, -0.1) is 0 Å². The molecule has 0 radical (unpaired) electrons. The topological polar surface area (TPSA) is 24.9 Å². The second-order valence-corrected chi connectivity index (χ2v) is 7.34. The van der Waals surface area contributed by atoms with Crippen LogP contribution in [0.5, 0.6) is 0 Å². The zero-order valence-corrected chi connectivity index (χ0v) is 16.0. The quantitative estimate of drug-likeness (QED) is 0.424. The molecule has 0 atom stereocenters. The number of fused-ring (bicyclic) bond motifs is 1. The maximum atomic E-state index is 4.80. The SMILES string of the molecule is Cc1ccc(-c2ncc(Nc3cccc(C(C)C)c3)c3ccccc23)cc1. The van der Waals surface area contributed by atoms with Crippen LogP contribution < -0.4 is 5.32 Å². The molecule has 1 N–H and O–H groups in total. The molecule has 0 saturated carbocycles. The summed E-state index contributed by atoms with van der Waals surface area (Å²) in [5.41, 5.74) is 6.87. The lowest BCUT2D eigenvalue weighted by Crippen LogP contribution is -1.96. The predicted molar refractivity (Wildman–Crippen MR) is 116 cm³/mol. The molecule has 0 spiro atoms. The van der Waals surface area contributed by atoms with Crippen molar-refractivity contribution >= 4 is 22.1 Å². The minimum Gasteiger partial charge on any atom is -0.354 e. The van der Waals surface area contributed by atoms with E-state index in [1.807, 2.05) is 6.20 Å². The number of benzene rings is 3. The van der Waals surface area contributed by atoms with Gasteiger partial charge < -0.3 is 5.32 Å². The van der Waals surface area contributed by atoms with Crippen molar-refractivity contribution in [2.24, 2.45) is 0 Å². The molecule has 0 amide bonds. The van der Waals surface area contributed by atoms with Crippen LogP contribution in [-0.2, 0) is 0 Å². The van der Waals surface area contributed by atoms with Crippen molar-refractivity contribution in [1.29, 1.82) is 0 Å². The van der Waals surface area contributed by atoms with Gasteiger partial charge in [-0.1, -0.05) is 80.1 Å². The number of anilines is 2. The van der Waals surface area contributed by atoms with Crippen molar-refractivity contribution in [2.75, 3.05) is 5.32 Å². The first kappa shape index (κ1) is 17.3. The van der Waals surface area contributed by atoms with Crippen LogP contribution in [0.2, 0.25) is 0 Å². The number of rotatable bonds is 4. The fraction of sp³-hybridized carbons (Fsp3) is 0.160. The molecule has 3 aromatic carbocycles. The van der Waals surface area contributed by atoms with Crippen LogP contribution in [0.3, 0.4) is 0 Å². The highest BCUT2D eigenvalue weighted by molar-refractivity contribution is 6.02. The third-order valence-electron chi connectivity index (χ3n) is 4.95. The van der Waals surface area contributed by atoms with Gasteiger partial charge in [0.05, 0.1) is 17.6 Å². The Bertz CT molecular complexity index is 1080. The van der Waals surface area contributed by atoms with Gasteiger partial charge in [-0.25, -0.2) is 0 Å². The number of hydrogen-bond acceptors (Lipinski definition) is 2.